The average Bonchev–Trinajstić information content (AvgIpc) is 3.07. The van der Waals surface area contributed by atoms with Crippen LogP contribution < -0.4 is 0 Å². The van der Waals surface area contributed by atoms with E-state index in [0.29, 0.717) is 19.4 Å². The van der Waals surface area contributed by atoms with Gasteiger partial charge in [-0.2, -0.15) is 4.31 Å². The number of hydrogen-bond acceptors (Lipinski definition) is 3. The molecule has 2 heterocycles. The largest absolute Gasteiger partial charge is 0.264 e. The molecule has 1 aromatic heterocycles. The lowest BCUT2D eigenvalue weighted by molar-refractivity contribution is -0.0291. The van der Waals surface area contributed by atoms with Crippen LogP contribution in [0.1, 0.15) is 43.7 Å². The minimum Gasteiger partial charge on any atom is -0.264 e. The molecule has 1 aliphatic carbocycles. The molecule has 2 aliphatic rings. The van der Waals surface area contributed by atoms with Crippen molar-refractivity contribution in [3.05, 3.63) is 30.1 Å². The molecular weight excluding hydrogens is 310 g/mol. The highest BCUT2D eigenvalue weighted by Gasteiger charge is 2.47. The standard InChI is InChI=1S/C15H20F2N2O2S/c16-15(17)7-1-5-13(15)11-22(20,21)19-9-3-6-14(19)12-4-2-8-18-10-12/h2,4,8,10,13-14H,1,3,5-7,9,11H2. The Balaban J connectivity index is 1.79. The maximum absolute atomic E-state index is 13.8. The lowest BCUT2D eigenvalue weighted by Gasteiger charge is -2.27. The van der Waals surface area contributed by atoms with Gasteiger partial charge in [0.25, 0.3) is 5.92 Å². The molecule has 4 nitrogen and oxygen atoms in total. The van der Waals surface area contributed by atoms with E-state index in [0.717, 1.165) is 12.0 Å². The monoisotopic (exact) mass is 330 g/mol. The van der Waals surface area contributed by atoms with Gasteiger partial charge in [0.05, 0.1) is 11.8 Å². The summed E-state index contributed by atoms with van der Waals surface area (Å²) in [6.07, 6.45) is 5.25. The topological polar surface area (TPSA) is 50.3 Å². The highest BCUT2D eigenvalue weighted by Crippen LogP contribution is 2.42. The average molecular weight is 330 g/mol. The summed E-state index contributed by atoms with van der Waals surface area (Å²) in [6.45, 7) is 0.403. The van der Waals surface area contributed by atoms with Crippen LogP contribution >= 0.6 is 0 Å². The first kappa shape index (κ1) is 15.8. The molecule has 1 saturated heterocycles. The van der Waals surface area contributed by atoms with Gasteiger partial charge in [-0.15, -0.1) is 0 Å². The molecule has 0 amide bonds. The molecule has 1 aromatic rings. The molecule has 3 rings (SSSR count). The summed E-state index contributed by atoms with van der Waals surface area (Å²) in [6, 6.07) is 3.34. The Morgan fingerprint density at radius 1 is 1.32 bits per heavy atom. The molecule has 2 atom stereocenters. The van der Waals surface area contributed by atoms with Gasteiger partial charge in [-0.25, -0.2) is 17.2 Å². The number of sulfonamides is 1. The van der Waals surface area contributed by atoms with Crippen LogP contribution in [0.4, 0.5) is 8.78 Å². The molecule has 2 fully saturated rings. The minimum absolute atomic E-state index is 0.195. The van der Waals surface area contributed by atoms with Crippen molar-refractivity contribution in [1.82, 2.24) is 9.29 Å². The summed E-state index contributed by atoms with van der Waals surface area (Å²) in [4.78, 5) is 4.03. The van der Waals surface area contributed by atoms with E-state index >= 15 is 0 Å². The van der Waals surface area contributed by atoms with Gasteiger partial charge >= 0.3 is 0 Å². The van der Waals surface area contributed by atoms with Crippen molar-refractivity contribution < 1.29 is 17.2 Å². The van der Waals surface area contributed by atoms with Gasteiger partial charge in [0.15, 0.2) is 0 Å². The normalized spacial score (nSPS) is 29.0. The van der Waals surface area contributed by atoms with Gasteiger partial charge in [0.1, 0.15) is 0 Å². The van der Waals surface area contributed by atoms with E-state index in [9.17, 15) is 17.2 Å². The van der Waals surface area contributed by atoms with E-state index in [1.54, 1.807) is 18.5 Å². The highest BCUT2D eigenvalue weighted by molar-refractivity contribution is 7.89. The lowest BCUT2D eigenvalue weighted by atomic mass is 10.1. The van der Waals surface area contributed by atoms with Crippen LogP contribution in [0.3, 0.4) is 0 Å². The first-order valence-electron chi connectivity index (χ1n) is 7.67. The third-order valence-electron chi connectivity index (χ3n) is 4.70. The molecule has 2 unspecified atom stereocenters. The third-order valence-corrected chi connectivity index (χ3v) is 6.68. The third kappa shape index (κ3) is 3.01. The van der Waals surface area contributed by atoms with Crippen molar-refractivity contribution in [2.75, 3.05) is 12.3 Å². The summed E-state index contributed by atoms with van der Waals surface area (Å²) in [7, 11) is -3.69. The van der Waals surface area contributed by atoms with Crippen molar-refractivity contribution >= 4 is 10.0 Å². The van der Waals surface area contributed by atoms with Gasteiger partial charge in [0, 0.05) is 31.3 Å². The number of rotatable bonds is 4. The van der Waals surface area contributed by atoms with E-state index in [4.69, 9.17) is 0 Å². The van der Waals surface area contributed by atoms with Crippen molar-refractivity contribution in [2.24, 2.45) is 5.92 Å². The van der Waals surface area contributed by atoms with Crippen molar-refractivity contribution in [1.29, 1.82) is 0 Å². The number of aromatic nitrogens is 1. The maximum atomic E-state index is 13.8. The second-order valence-electron chi connectivity index (χ2n) is 6.18. The molecular formula is C15H20F2N2O2S. The fourth-order valence-corrected chi connectivity index (χ4v) is 5.67. The number of nitrogens with zero attached hydrogens (tertiary/aromatic N) is 2. The number of alkyl halides is 2. The first-order valence-corrected chi connectivity index (χ1v) is 9.28. The van der Waals surface area contributed by atoms with Gasteiger partial charge in [-0.1, -0.05) is 6.07 Å². The summed E-state index contributed by atoms with van der Waals surface area (Å²) >= 11 is 0. The van der Waals surface area contributed by atoms with Gasteiger partial charge in [-0.05, 0) is 37.3 Å². The van der Waals surface area contributed by atoms with E-state index in [1.807, 2.05) is 6.07 Å². The molecule has 0 bridgehead atoms. The number of hydrogen-bond donors (Lipinski definition) is 0. The zero-order valence-corrected chi connectivity index (χ0v) is 13.1. The highest BCUT2D eigenvalue weighted by atomic mass is 32.2. The van der Waals surface area contributed by atoms with Crippen LogP contribution in [-0.4, -0.2) is 35.9 Å². The molecule has 0 spiro atoms. The Morgan fingerprint density at radius 3 is 2.77 bits per heavy atom. The van der Waals surface area contributed by atoms with Crippen molar-refractivity contribution in [3.63, 3.8) is 0 Å². The molecule has 0 radical (unpaired) electrons. The van der Waals surface area contributed by atoms with E-state index in [1.165, 1.54) is 4.31 Å². The van der Waals surface area contributed by atoms with Crippen LogP contribution in [0.5, 0.6) is 0 Å². The molecule has 22 heavy (non-hydrogen) atoms. The van der Waals surface area contributed by atoms with Crippen LogP contribution in [0.15, 0.2) is 24.5 Å². The Morgan fingerprint density at radius 2 is 2.14 bits per heavy atom. The fourth-order valence-electron chi connectivity index (χ4n) is 3.53. The molecule has 1 saturated carbocycles. The predicted octanol–water partition coefficient (Wildman–Crippen LogP) is 2.98. The van der Waals surface area contributed by atoms with Crippen molar-refractivity contribution in [3.8, 4) is 0 Å². The van der Waals surface area contributed by atoms with Gasteiger partial charge in [-0.3, -0.25) is 4.98 Å². The maximum Gasteiger partial charge on any atom is 0.251 e. The Hall–Kier alpha value is -1.08. The molecule has 1 aliphatic heterocycles. The summed E-state index contributed by atoms with van der Waals surface area (Å²) in [5.74, 6) is -4.35. The lowest BCUT2D eigenvalue weighted by Crippen LogP contribution is -2.38. The first-order chi connectivity index (χ1) is 10.4. The number of pyridine rings is 1. The number of halogens is 2. The van der Waals surface area contributed by atoms with Gasteiger partial charge < -0.3 is 0 Å². The van der Waals surface area contributed by atoms with Crippen LogP contribution in [0, 0.1) is 5.92 Å². The Bertz CT molecular complexity index is 622. The molecule has 7 heteroatoms. The molecule has 122 valence electrons. The summed E-state index contributed by atoms with van der Waals surface area (Å²) in [5.41, 5.74) is 0.835. The second kappa shape index (κ2) is 5.85. The summed E-state index contributed by atoms with van der Waals surface area (Å²) < 4.78 is 54.2. The van der Waals surface area contributed by atoms with Crippen LogP contribution in [0.2, 0.25) is 0 Å². The van der Waals surface area contributed by atoms with Crippen LogP contribution in [0.25, 0.3) is 0 Å². The SMILES string of the molecule is O=S(=O)(CC1CCCC1(F)F)N1CCCC1c1cccnc1. The fraction of sp³-hybridized carbons (Fsp3) is 0.667. The zero-order valence-electron chi connectivity index (χ0n) is 12.3. The van der Waals surface area contributed by atoms with Crippen molar-refractivity contribution in [2.45, 2.75) is 44.1 Å². The predicted molar refractivity (Wildman–Crippen MR) is 79.0 cm³/mol. The Labute approximate surface area is 129 Å². The zero-order chi connectivity index (χ0) is 15.8. The molecule has 0 aromatic carbocycles. The smallest absolute Gasteiger partial charge is 0.251 e. The van der Waals surface area contributed by atoms with E-state index in [-0.39, 0.29) is 18.9 Å². The second-order valence-corrected chi connectivity index (χ2v) is 8.15. The minimum atomic E-state index is -3.69. The van der Waals surface area contributed by atoms with Crippen LogP contribution in [-0.2, 0) is 10.0 Å². The molecule has 0 N–H and O–H groups in total. The quantitative estimate of drug-likeness (QED) is 0.853. The van der Waals surface area contributed by atoms with E-state index in [2.05, 4.69) is 4.98 Å². The van der Waals surface area contributed by atoms with E-state index < -0.39 is 27.6 Å². The summed E-state index contributed by atoms with van der Waals surface area (Å²) in [5, 5.41) is 0. The van der Waals surface area contributed by atoms with Gasteiger partial charge in [0.2, 0.25) is 10.0 Å². The Kier molecular flexibility index (Phi) is 4.20.